The van der Waals surface area contributed by atoms with Gasteiger partial charge in [-0.1, -0.05) is 18.2 Å². The average Bonchev–Trinajstić information content (AvgIpc) is 3.27. The number of aromatic amines is 1. The highest BCUT2D eigenvalue weighted by molar-refractivity contribution is 5.99. The van der Waals surface area contributed by atoms with Gasteiger partial charge in [-0.05, 0) is 47.5 Å². The lowest BCUT2D eigenvalue weighted by molar-refractivity contribution is 0.469. The molecule has 0 saturated carbocycles. The van der Waals surface area contributed by atoms with Gasteiger partial charge in [-0.15, -0.1) is 0 Å². The number of hydrogen-bond donors (Lipinski definition) is 3. The van der Waals surface area contributed by atoms with Crippen LogP contribution in [-0.4, -0.2) is 26.6 Å². The van der Waals surface area contributed by atoms with Gasteiger partial charge >= 0.3 is 0 Å². The molecule has 1 aliphatic heterocycles. The molecule has 0 bridgehead atoms. The number of nitrogens with zero attached hydrogens (tertiary/aromatic N) is 2. The van der Waals surface area contributed by atoms with Crippen LogP contribution in [0.1, 0.15) is 11.3 Å². The Balaban J connectivity index is 1.48. The van der Waals surface area contributed by atoms with Crippen LogP contribution in [0.5, 0.6) is 5.75 Å². The lowest BCUT2D eigenvalue weighted by Gasteiger charge is -2.20. The first-order chi connectivity index (χ1) is 16.2. The van der Waals surface area contributed by atoms with Crippen molar-refractivity contribution in [3.05, 3.63) is 103 Å². The molecule has 3 N–H and O–H groups in total. The molecule has 0 radical (unpaired) electrons. The van der Waals surface area contributed by atoms with Gasteiger partial charge < -0.3 is 15.4 Å². The molecule has 6 rings (SSSR count). The summed E-state index contributed by atoms with van der Waals surface area (Å²) in [4.78, 5) is 12.1. The van der Waals surface area contributed by atoms with Crippen LogP contribution in [0, 0.1) is 5.82 Å². The fourth-order valence-corrected chi connectivity index (χ4v) is 4.42. The minimum Gasteiger partial charge on any atom is -0.508 e. The van der Waals surface area contributed by atoms with E-state index in [1.54, 1.807) is 24.7 Å². The quantitative estimate of drug-likeness (QED) is 0.326. The summed E-state index contributed by atoms with van der Waals surface area (Å²) in [6.07, 6.45) is 9.23. The molecule has 5 nitrogen and oxygen atoms in total. The zero-order chi connectivity index (χ0) is 22.4. The molecule has 0 saturated heterocycles. The molecule has 0 fully saturated rings. The second kappa shape index (κ2) is 7.60. The number of phenols is 1. The number of benzene rings is 2. The third-order valence-electron chi connectivity index (χ3n) is 5.93. The summed E-state index contributed by atoms with van der Waals surface area (Å²) in [7, 11) is 0. The molecule has 0 unspecified atom stereocenters. The largest absolute Gasteiger partial charge is 0.508 e. The molecule has 3 aromatic heterocycles. The van der Waals surface area contributed by atoms with Crippen molar-refractivity contribution in [2.45, 2.75) is 0 Å². The molecule has 6 heteroatoms. The number of anilines is 1. The maximum Gasteiger partial charge on any atom is 0.127 e. The van der Waals surface area contributed by atoms with Gasteiger partial charge in [0.15, 0.2) is 0 Å². The van der Waals surface area contributed by atoms with Gasteiger partial charge in [0.05, 0.1) is 11.7 Å². The van der Waals surface area contributed by atoms with Gasteiger partial charge in [0.1, 0.15) is 11.6 Å². The van der Waals surface area contributed by atoms with Crippen LogP contribution in [0.25, 0.3) is 38.7 Å². The smallest absolute Gasteiger partial charge is 0.127 e. The van der Waals surface area contributed by atoms with Gasteiger partial charge in [-0.2, -0.15) is 0 Å². The molecule has 0 atom stereocenters. The van der Waals surface area contributed by atoms with Crippen molar-refractivity contribution >= 4 is 22.2 Å². The normalized spacial score (nSPS) is 12.8. The van der Waals surface area contributed by atoms with Gasteiger partial charge in [-0.3, -0.25) is 9.97 Å². The molecular weight excluding hydrogens is 415 g/mol. The number of halogens is 1. The van der Waals surface area contributed by atoms with E-state index in [2.05, 4.69) is 50.6 Å². The first-order valence-electron chi connectivity index (χ1n) is 10.6. The lowest BCUT2D eigenvalue weighted by atomic mass is 9.93. The molecule has 4 heterocycles. The number of aromatic hydroxyl groups is 1. The summed E-state index contributed by atoms with van der Waals surface area (Å²) < 4.78 is 13.9. The second-order valence-electron chi connectivity index (χ2n) is 8.03. The van der Waals surface area contributed by atoms with E-state index in [0.717, 1.165) is 56.2 Å². The summed E-state index contributed by atoms with van der Waals surface area (Å²) in [5.41, 5.74) is 8.50. The maximum absolute atomic E-state index is 13.9. The van der Waals surface area contributed by atoms with Gasteiger partial charge in [0, 0.05) is 70.2 Å². The Labute approximate surface area is 189 Å². The predicted molar refractivity (Wildman–Crippen MR) is 128 cm³/mol. The van der Waals surface area contributed by atoms with Crippen LogP contribution in [0.15, 0.2) is 85.5 Å². The van der Waals surface area contributed by atoms with Gasteiger partial charge in [0.25, 0.3) is 0 Å². The number of pyridine rings is 2. The molecule has 5 aromatic rings. The maximum atomic E-state index is 13.9. The monoisotopic (exact) mass is 434 g/mol. The Hall–Kier alpha value is -4.45. The van der Waals surface area contributed by atoms with Crippen molar-refractivity contribution in [3.8, 4) is 28.0 Å². The van der Waals surface area contributed by atoms with Crippen LogP contribution in [0.3, 0.4) is 0 Å². The molecule has 2 aromatic carbocycles. The number of fused-ring (bicyclic) bond motifs is 2. The Morgan fingerprint density at radius 2 is 1.79 bits per heavy atom. The van der Waals surface area contributed by atoms with E-state index in [-0.39, 0.29) is 5.75 Å². The second-order valence-corrected chi connectivity index (χ2v) is 8.03. The SMILES string of the molecule is Oc1cc(F)cc(-c2cncc3[nH]c(C4=CCNc5ccc(-c6cccnc6)cc54)cc23)c1. The van der Waals surface area contributed by atoms with Crippen molar-refractivity contribution in [2.75, 3.05) is 11.9 Å². The fourth-order valence-electron chi connectivity index (χ4n) is 4.42. The topological polar surface area (TPSA) is 73.8 Å². The summed E-state index contributed by atoms with van der Waals surface area (Å²) in [6.45, 7) is 0.715. The average molecular weight is 434 g/mol. The highest BCUT2D eigenvalue weighted by Gasteiger charge is 2.18. The van der Waals surface area contributed by atoms with E-state index in [9.17, 15) is 9.50 Å². The molecule has 33 heavy (non-hydrogen) atoms. The zero-order valence-electron chi connectivity index (χ0n) is 17.5. The number of rotatable bonds is 3. The van der Waals surface area contributed by atoms with E-state index in [1.807, 2.05) is 18.3 Å². The van der Waals surface area contributed by atoms with E-state index in [4.69, 9.17) is 0 Å². The molecular formula is C27H19FN4O. The number of aromatic nitrogens is 3. The fraction of sp³-hybridized carbons (Fsp3) is 0.0370. The summed E-state index contributed by atoms with van der Waals surface area (Å²) >= 11 is 0. The molecule has 0 amide bonds. The molecule has 160 valence electrons. The van der Waals surface area contributed by atoms with Crippen molar-refractivity contribution < 1.29 is 9.50 Å². The van der Waals surface area contributed by atoms with Crippen LogP contribution in [0.2, 0.25) is 0 Å². The van der Waals surface area contributed by atoms with Crippen molar-refractivity contribution in [3.63, 3.8) is 0 Å². The van der Waals surface area contributed by atoms with Crippen molar-refractivity contribution in [1.29, 1.82) is 0 Å². The highest BCUT2D eigenvalue weighted by Crippen LogP contribution is 2.38. The minimum absolute atomic E-state index is 0.115. The summed E-state index contributed by atoms with van der Waals surface area (Å²) in [6, 6.07) is 16.4. The zero-order valence-corrected chi connectivity index (χ0v) is 17.5. The van der Waals surface area contributed by atoms with E-state index in [0.29, 0.717) is 12.1 Å². The summed E-state index contributed by atoms with van der Waals surface area (Å²) in [5.74, 6) is -0.605. The summed E-state index contributed by atoms with van der Waals surface area (Å²) in [5, 5.41) is 14.2. The first-order valence-corrected chi connectivity index (χ1v) is 10.6. The Morgan fingerprint density at radius 1 is 0.848 bits per heavy atom. The number of nitrogens with one attached hydrogen (secondary N) is 2. The van der Waals surface area contributed by atoms with Crippen LogP contribution >= 0.6 is 0 Å². The van der Waals surface area contributed by atoms with E-state index < -0.39 is 5.82 Å². The van der Waals surface area contributed by atoms with Crippen molar-refractivity contribution in [1.82, 2.24) is 15.0 Å². The van der Waals surface area contributed by atoms with Crippen LogP contribution < -0.4 is 5.32 Å². The minimum atomic E-state index is -0.490. The van der Waals surface area contributed by atoms with Crippen molar-refractivity contribution in [2.24, 2.45) is 0 Å². The lowest BCUT2D eigenvalue weighted by Crippen LogP contribution is -2.09. The molecule has 0 aliphatic carbocycles. The number of hydrogen-bond acceptors (Lipinski definition) is 4. The van der Waals surface area contributed by atoms with Gasteiger partial charge in [-0.25, -0.2) is 4.39 Å². The third-order valence-corrected chi connectivity index (χ3v) is 5.93. The third kappa shape index (κ3) is 3.42. The Kier molecular flexibility index (Phi) is 4.43. The van der Waals surface area contributed by atoms with Gasteiger partial charge in [0.2, 0.25) is 0 Å². The van der Waals surface area contributed by atoms with Crippen LogP contribution in [-0.2, 0) is 0 Å². The Morgan fingerprint density at radius 3 is 2.64 bits per heavy atom. The first kappa shape index (κ1) is 19.3. The molecule has 0 spiro atoms. The number of phenolic OH excluding ortho intramolecular Hbond substituents is 1. The molecule has 1 aliphatic rings. The Bertz CT molecular complexity index is 1520. The highest BCUT2D eigenvalue weighted by atomic mass is 19.1. The van der Waals surface area contributed by atoms with E-state index in [1.165, 1.54) is 6.07 Å². The van der Waals surface area contributed by atoms with Crippen LogP contribution in [0.4, 0.5) is 10.1 Å². The number of H-pyrrole nitrogens is 1. The predicted octanol–water partition coefficient (Wildman–Crippen LogP) is 5.99. The van der Waals surface area contributed by atoms with E-state index >= 15 is 0 Å². The standard InChI is InChI=1S/C27H19FN4O/c28-19-8-18(9-20(33)11-19)24-14-30-15-27-23(24)12-26(32-27)21-5-7-31-25-4-3-16(10-22(21)25)17-2-1-6-29-13-17/h1-6,8-15,31-33H,7H2.